The van der Waals surface area contributed by atoms with Crippen LogP contribution in [0.5, 0.6) is 0 Å². The summed E-state index contributed by atoms with van der Waals surface area (Å²) in [7, 11) is 0. The highest BCUT2D eigenvalue weighted by atomic mass is 19.1. The molecule has 1 aliphatic rings. The van der Waals surface area contributed by atoms with Crippen molar-refractivity contribution in [2.75, 3.05) is 13.1 Å². The fourth-order valence-electron chi connectivity index (χ4n) is 2.75. The highest BCUT2D eigenvalue weighted by Gasteiger charge is 2.37. The van der Waals surface area contributed by atoms with E-state index in [1.54, 1.807) is 30.9 Å². The third-order valence-electron chi connectivity index (χ3n) is 4.16. The van der Waals surface area contributed by atoms with Crippen molar-refractivity contribution in [2.24, 2.45) is 5.92 Å². The number of aliphatic carboxylic acids is 1. The number of carbonyl (C=O) groups is 2. The number of halogens is 1. The Morgan fingerprint density at radius 1 is 1.29 bits per heavy atom. The molecule has 1 aliphatic heterocycles. The topological polar surface area (TPSA) is 57.6 Å². The van der Waals surface area contributed by atoms with Crippen LogP contribution >= 0.6 is 0 Å². The summed E-state index contributed by atoms with van der Waals surface area (Å²) >= 11 is 0. The Morgan fingerprint density at radius 2 is 1.90 bits per heavy atom. The van der Waals surface area contributed by atoms with E-state index in [1.807, 2.05) is 0 Å². The lowest BCUT2D eigenvalue weighted by Crippen LogP contribution is -2.49. The Hall–Kier alpha value is -1.91. The number of piperidine rings is 1. The van der Waals surface area contributed by atoms with Crippen molar-refractivity contribution in [1.82, 2.24) is 4.90 Å². The number of hydrogen-bond acceptors (Lipinski definition) is 2. The van der Waals surface area contributed by atoms with Gasteiger partial charge in [0.25, 0.3) is 0 Å². The Morgan fingerprint density at radius 3 is 2.48 bits per heavy atom. The fourth-order valence-corrected chi connectivity index (χ4v) is 2.75. The summed E-state index contributed by atoms with van der Waals surface area (Å²) in [5.41, 5.74) is -0.0694. The second kappa shape index (κ2) is 5.84. The summed E-state index contributed by atoms with van der Waals surface area (Å²) in [5, 5.41) is 9.11. The van der Waals surface area contributed by atoms with Gasteiger partial charge in [-0.25, -0.2) is 4.39 Å². The molecule has 2 rings (SSSR count). The Balaban J connectivity index is 2.17. The molecule has 0 radical (unpaired) electrons. The van der Waals surface area contributed by atoms with Crippen LogP contribution in [-0.4, -0.2) is 35.0 Å². The maximum absolute atomic E-state index is 13.0. The van der Waals surface area contributed by atoms with Gasteiger partial charge in [-0.2, -0.15) is 0 Å². The standard InChI is InChI=1S/C16H20FNO3/c1-16(2,12-5-7-13(17)8-6-12)15(21)18-9-3-4-11(10-18)14(19)20/h5-8,11H,3-4,9-10H2,1-2H3,(H,19,20). The number of benzene rings is 1. The second-order valence-corrected chi connectivity index (χ2v) is 6.06. The van der Waals surface area contributed by atoms with Gasteiger partial charge in [0.15, 0.2) is 0 Å². The molecule has 5 heteroatoms. The summed E-state index contributed by atoms with van der Waals surface area (Å²) in [6.07, 6.45) is 1.30. The SMILES string of the molecule is CC(C)(C(=O)N1CCCC(C(=O)O)C1)c1ccc(F)cc1. The van der Waals surface area contributed by atoms with Crippen LogP contribution in [0, 0.1) is 11.7 Å². The molecule has 0 spiro atoms. The molecule has 114 valence electrons. The molecule has 0 aliphatic carbocycles. The number of rotatable bonds is 3. The van der Waals surface area contributed by atoms with E-state index in [4.69, 9.17) is 5.11 Å². The lowest BCUT2D eigenvalue weighted by molar-refractivity contribution is -0.147. The first kappa shape index (κ1) is 15.5. The van der Waals surface area contributed by atoms with Crippen molar-refractivity contribution in [2.45, 2.75) is 32.1 Å². The van der Waals surface area contributed by atoms with Gasteiger partial charge in [-0.05, 0) is 44.4 Å². The first-order valence-electron chi connectivity index (χ1n) is 7.10. The van der Waals surface area contributed by atoms with Crippen molar-refractivity contribution in [3.05, 3.63) is 35.6 Å². The van der Waals surface area contributed by atoms with E-state index in [1.165, 1.54) is 12.1 Å². The van der Waals surface area contributed by atoms with Crippen molar-refractivity contribution in [1.29, 1.82) is 0 Å². The number of likely N-dealkylation sites (tertiary alicyclic amines) is 1. The third-order valence-corrected chi connectivity index (χ3v) is 4.16. The highest BCUT2D eigenvalue weighted by molar-refractivity contribution is 5.88. The van der Waals surface area contributed by atoms with Crippen molar-refractivity contribution >= 4 is 11.9 Å². The molecule has 1 saturated heterocycles. The maximum atomic E-state index is 13.0. The van der Waals surface area contributed by atoms with Crippen LogP contribution in [0.4, 0.5) is 4.39 Å². The number of amides is 1. The van der Waals surface area contributed by atoms with Gasteiger partial charge >= 0.3 is 5.97 Å². The molecule has 1 aromatic carbocycles. The van der Waals surface area contributed by atoms with Crippen LogP contribution in [0.1, 0.15) is 32.3 Å². The first-order valence-corrected chi connectivity index (χ1v) is 7.10. The molecule has 1 amide bonds. The van der Waals surface area contributed by atoms with Crippen LogP contribution in [0.15, 0.2) is 24.3 Å². The molecular formula is C16H20FNO3. The second-order valence-electron chi connectivity index (χ2n) is 6.06. The van der Waals surface area contributed by atoms with E-state index >= 15 is 0 Å². The van der Waals surface area contributed by atoms with Gasteiger partial charge in [0.2, 0.25) is 5.91 Å². The monoisotopic (exact) mass is 293 g/mol. The van der Waals surface area contributed by atoms with Crippen molar-refractivity contribution < 1.29 is 19.1 Å². The molecule has 0 bridgehead atoms. The fraction of sp³-hybridized carbons (Fsp3) is 0.500. The summed E-state index contributed by atoms with van der Waals surface area (Å²) in [6.45, 7) is 4.39. The van der Waals surface area contributed by atoms with Gasteiger partial charge in [-0.3, -0.25) is 9.59 Å². The lowest BCUT2D eigenvalue weighted by Gasteiger charge is -2.36. The van der Waals surface area contributed by atoms with Gasteiger partial charge < -0.3 is 10.0 Å². The smallest absolute Gasteiger partial charge is 0.308 e. The molecule has 1 unspecified atom stereocenters. The number of hydrogen-bond donors (Lipinski definition) is 1. The third kappa shape index (κ3) is 3.23. The quantitative estimate of drug-likeness (QED) is 0.931. The first-order chi connectivity index (χ1) is 9.82. The van der Waals surface area contributed by atoms with Gasteiger partial charge in [0.05, 0.1) is 11.3 Å². The van der Waals surface area contributed by atoms with Gasteiger partial charge in [0.1, 0.15) is 5.82 Å². The number of carboxylic acids is 1. The Kier molecular flexibility index (Phi) is 4.30. The molecule has 0 aromatic heterocycles. The molecule has 4 nitrogen and oxygen atoms in total. The minimum Gasteiger partial charge on any atom is -0.481 e. The minimum absolute atomic E-state index is 0.111. The normalized spacial score (nSPS) is 19.4. The Labute approximate surface area is 123 Å². The van der Waals surface area contributed by atoms with Gasteiger partial charge in [-0.1, -0.05) is 12.1 Å². The number of carbonyl (C=O) groups excluding carboxylic acids is 1. The molecule has 1 N–H and O–H groups in total. The van der Waals surface area contributed by atoms with Crippen LogP contribution in [0.25, 0.3) is 0 Å². The molecular weight excluding hydrogens is 273 g/mol. The van der Waals surface area contributed by atoms with E-state index in [0.29, 0.717) is 19.4 Å². The highest BCUT2D eigenvalue weighted by Crippen LogP contribution is 2.28. The van der Waals surface area contributed by atoms with E-state index in [-0.39, 0.29) is 18.3 Å². The summed E-state index contributed by atoms with van der Waals surface area (Å²) in [5.74, 6) is -1.80. The van der Waals surface area contributed by atoms with Crippen LogP contribution in [0.3, 0.4) is 0 Å². The van der Waals surface area contributed by atoms with E-state index in [0.717, 1.165) is 5.56 Å². The molecule has 1 heterocycles. The molecule has 1 atom stereocenters. The van der Waals surface area contributed by atoms with Gasteiger partial charge in [-0.15, -0.1) is 0 Å². The molecule has 21 heavy (non-hydrogen) atoms. The van der Waals surface area contributed by atoms with Crippen LogP contribution in [0.2, 0.25) is 0 Å². The lowest BCUT2D eigenvalue weighted by atomic mass is 9.82. The zero-order valence-corrected chi connectivity index (χ0v) is 12.3. The van der Waals surface area contributed by atoms with Crippen molar-refractivity contribution in [3.8, 4) is 0 Å². The molecule has 0 saturated carbocycles. The van der Waals surface area contributed by atoms with Crippen LogP contribution in [-0.2, 0) is 15.0 Å². The largest absolute Gasteiger partial charge is 0.481 e. The zero-order valence-electron chi connectivity index (χ0n) is 12.3. The van der Waals surface area contributed by atoms with E-state index in [2.05, 4.69) is 0 Å². The number of carboxylic acid groups (broad SMARTS) is 1. The van der Waals surface area contributed by atoms with E-state index in [9.17, 15) is 14.0 Å². The zero-order chi connectivity index (χ0) is 15.6. The average Bonchev–Trinajstić information content (AvgIpc) is 2.47. The summed E-state index contributed by atoms with van der Waals surface area (Å²) in [4.78, 5) is 25.4. The average molecular weight is 293 g/mol. The van der Waals surface area contributed by atoms with E-state index < -0.39 is 17.3 Å². The predicted molar refractivity (Wildman–Crippen MR) is 76.4 cm³/mol. The maximum Gasteiger partial charge on any atom is 0.308 e. The van der Waals surface area contributed by atoms with Crippen LogP contribution < -0.4 is 0 Å². The summed E-state index contributed by atoms with van der Waals surface area (Å²) < 4.78 is 13.0. The molecule has 1 fully saturated rings. The van der Waals surface area contributed by atoms with Gasteiger partial charge in [0, 0.05) is 13.1 Å². The summed E-state index contributed by atoms with van der Waals surface area (Å²) in [6, 6.07) is 5.87. The number of nitrogens with zero attached hydrogens (tertiary/aromatic N) is 1. The predicted octanol–water partition coefficient (Wildman–Crippen LogP) is 2.43. The Bertz CT molecular complexity index is 539. The molecule has 1 aromatic rings. The van der Waals surface area contributed by atoms with Crippen molar-refractivity contribution in [3.63, 3.8) is 0 Å². The minimum atomic E-state index is -0.855.